The molecule has 1 atom stereocenters. The van der Waals surface area contributed by atoms with E-state index in [-0.39, 0.29) is 43.0 Å². The van der Waals surface area contributed by atoms with Crippen LogP contribution in [0.5, 0.6) is 0 Å². The summed E-state index contributed by atoms with van der Waals surface area (Å²) in [5.41, 5.74) is -1.67. The fourth-order valence-corrected chi connectivity index (χ4v) is 3.07. The number of carbonyl (C=O) groups is 4. The smallest absolute Gasteiger partial charge is 0.313 e. The maximum absolute atomic E-state index is 11.5. The maximum Gasteiger partial charge on any atom is 0.313 e. The summed E-state index contributed by atoms with van der Waals surface area (Å²) in [7, 11) is 4.08. The van der Waals surface area contributed by atoms with Crippen LogP contribution in [0.1, 0.15) is 170 Å². The van der Waals surface area contributed by atoms with Crippen LogP contribution in [-0.4, -0.2) is 84.3 Å². The predicted octanol–water partition coefficient (Wildman–Crippen LogP) is 7.47. The molecule has 0 aromatic carbocycles. The number of carboxylic acid groups (broad SMARTS) is 1. The molecule has 0 aromatic heterocycles. The molecule has 0 heterocycles. The molecule has 0 amide bonds. The van der Waals surface area contributed by atoms with Crippen molar-refractivity contribution in [3.63, 3.8) is 0 Å². The topological polar surface area (TPSA) is 142 Å². The van der Waals surface area contributed by atoms with Crippen LogP contribution in [-0.2, 0) is 42.9 Å². The second-order valence-corrected chi connectivity index (χ2v) is 14.9. The summed E-state index contributed by atoms with van der Waals surface area (Å²) in [5.74, 6) is -1.30. The monoisotopic (exact) mass is 768 g/mol. The third-order valence-electron chi connectivity index (χ3n) is 8.80. The van der Waals surface area contributed by atoms with Gasteiger partial charge in [-0.25, -0.2) is 0 Å². The first-order valence-corrected chi connectivity index (χ1v) is 19.7. The first-order chi connectivity index (χ1) is 24.0. The average Bonchev–Trinajstić information content (AvgIpc) is 3.11. The molecule has 0 bridgehead atoms. The molecule has 322 valence electrons. The van der Waals surface area contributed by atoms with Gasteiger partial charge in [-0.1, -0.05) is 82.6 Å². The van der Waals surface area contributed by atoms with Crippen LogP contribution in [0.2, 0.25) is 0 Å². The summed E-state index contributed by atoms with van der Waals surface area (Å²) >= 11 is 0. The quantitative estimate of drug-likeness (QED) is 0.0511. The molecule has 0 rings (SSSR count). The van der Waals surface area contributed by atoms with Crippen LogP contribution >= 0.6 is 0 Å². The van der Waals surface area contributed by atoms with Crippen molar-refractivity contribution in [2.75, 3.05) is 60.5 Å². The number of unbranched alkanes of at least 4 members (excludes halogenated alkanes) is 1. The molecular formula is C42H89NO10. The normalized spacial score (nSPS) is 11.9. The molecular weight excluding hydrogens is 678 g/mol. The van der Waals surface area contributed by atoms with Gasteiger partial charge in [0.2, 0.25) is 0 Å². The van der Waals surface area contributed by atoms with E-state index in [1.807, 2.05) is 111 Å². The van der Waals surface area contributed by atoms with E-state index in [1.54, 1.807) is 6.92 Å². The Morgan fingerprint density at radius 3 is 1.26 bits per heavy atom. The Morgan fingerprint density at radius 1 is 0.566 bits per heavy atom. The van der Waals surface area contributed by atoms with Gasteiger partial charge in [0.15, 0.2) is 6.79 Å². The van der Waals surface area contributed by atoms with E-state index < -0.39 is 16.8 Å². The van der Waals surface area contributed by atoms with Crippen LogP contribution < -0.4 is 10.0 Å². The molecule has 0 aliphatic rings. The lowest BCUT2D eigenvalue weighted by Crippen LogP contribution is -3.06. The van der Waals surface area contributed by atoms with Crippen molar-refractivity contribution in [1.82, 2.24) is 0 Å². The number of ether oxygens (including phenoxy) is 5. The van der Waals surface area contributed by atoms with Gasteiger partial charge >= 0.3 is 17.9 Å². The molecule has 53 heavy (non-hydrogen) atoms. The highest BCUT2D eigenvalue weighted by molar-refractivity contribution is 5.76. The SMILES string of the molecule is C.CC.CCC(C)(C)C(=O)OCC[NH+](C)C.CCCC(C)(CC)C(=O)[O-].CCCCOC(=O)C(C)(C)CC.CCOCCOCOC(=O)C(C)(C)CC. The minimum Gasteiger partial charge on any atom is -0.550 e. The second-order valence-electron chi connectivity index (χ2n) is 14.9. The molecule has 11 nitrogen and oxygen atoms in total. The van der Waals surface area contributed by atoms with E-state index >= 15 is 0 Å². The van der Waals surface area contributed by atoms with Crippen LogP contribution in [0.4, 0.5) is 0 Å². The van der Waals surface area contributed by atoms with Gasteiger partial charge in [-0.05, 0) is 87.0 Å². The van der Waals surface area contributed by atoms with Crippen molar-refractivity contribution < 1.29 is 52.9 Å². The molecule has 0 saturated carbocycles. The summed E-state index contributed by atoms with van der Waals surface area (Å²) < 4.78 is 25.4. The summed E-state index contributed by atoms with van der Waals surface area (Å²) in [6, 6.07) is 0. The third-order valence-corrected chi connectivity index (χ3v) is 8.80. The van der Waals surface area contributed by atoms with E-state index in [4.69, 9.17) is 23.7 Å². The highest BCUT2D eigenvalue weighted by atomic mass is 16.7. The van der Waals surface area contributed by atoms with Crippen LogP contribution in [0, 0.1) is 21.7 Å². The van der Waals surface area contributed by atoms with Gasteiger partial charge in [-0.3, -0.25) is 14.4 Å². The lowest BCUT2D eigenvalue weighted by atomic mass is 9.83. The number of hydrogen-bond acceptors (Lipinski definition) is 10. The van der Waals surface area contributed by atoms with Crippen LogP contribution in [0.15, 0.2) is 0 Å². The number of quaternary nitrogens is 1. The van der Waals surface area contributed by atoms with E-state index in [2.05, 4.69) is 6.92 Å². The van der Waals surface area contributed by atoms with Gasteiger partial charge in [-0.2, -0.15) is 0 Å². The first-order valence-electron chi connectivity index (χ1n) is 19.7. The van der Waals surface area contributed by atoms with Gasteiger partial charge in [0.25, 0.3) is 0 Å². The number of carboxylic acids is 1. The zero-order valence-corrected chi connectivity index (χ0v) is 37.2. The number of likely N-dealkylation sites (N-methyl/N-ethyl adjacent to an activating group) is 1. The first kappa shape index (κ1) is 62.7. The highest BCUT2D eigenvalue weighted by Gasteiger charge is 2.28. The van der Waals surface area contributed by atoms with E-state index in [0.717, 1.165) is 45.1 Å². The Kier molecular flexibility index (Phi) is 43.5. The molecule has 1 unspecified atom stereocenters. The van der Waals surface area contributed by atoms with E-state index in [9.17, 15) is 24.3 Å². The Hall–Kier alpha value is -2.24. The van der Waals surface area contributed by atoms with Crippen molar-refractivity contribution in [2.45, 2.75) is 170 Å². The van der Waals surface area contributed by atoms with Crippen molar-refractivity contribution in [2.24, 2.45) is 21.7 Å². The molecule has 0 radical (unpaired) electrons. The summed E-state index contributed by atoms with van der Waals surface area (Å²) in [5, 5.41) is 10.5. The molecule has 0 spiro atoms. The van der Waals surface area contributed by atoms with Gasteiger partial charge in [0.1, 0.15) is 13.2 Å². The zero-order chi connectivity index (χ0) is 42.0. The van der Waals surface area contributed by atoms with Crippen molar-refractivity contribution >= 4 is 23.9 Å². The highest BCUT2D eigenvalue weighted by Crippen LogP contribution is 2.26. The van der Waals surface area contributed by atoms with Crippen molar-refractivity contribution in [1.29, 1.82) is 0 Å². The lowest BCUT2D eigenvalue weighted by Gasteiger charge is -2.28. The van der Waals surface area contributed by atoms with Crippen molar-refractivity contribution in [3.8, 4) is 0 Å². The summed E-state index contributed by atoms with van der Waals surface area (Å²) in [6.07, 6.45) is 6.71. The second kappa shape index (κ2) is 36.7. The van der Waals surface area contributed by atoms with Gasteiger partial charge in [-0.15, -0.1) is 0 Å². The minimum atomic E-state index is -0.920. The van der Waals surface area contributed by atoms with Crippen molar-refractivity contribution in [3.05, 3.63) is 0 Å². The molecule has 0 saturated heterocycles. The zero-order valence-electron chi connectivity index (χ0n) is 37.2. The van der Waals surface area contributed by atoms with Gasteiger partial charge in [0.05, 0.1) is 50.2 Å². The average molecular weight is 768 g/mol. The van der Waals surface area contributed by atoms with E-state index in [0.29, 0.717) is 45.9 Å². The largest absolute Gasteiger partial charge is 0.550 e. The molecule has 0 aliphatic heterocycles. The minimum absolute atomic E-state index is 0. The number of hydrogen-bond donors (Lipinski definition) is 1. The Labute approximate surface area is 327 Å². The van der Waals surface area contributed by atoms with Gasteiger partial charge in [0, 0.05) is 18.0 Å². The molecule has 11 heteroatoms. The number of nitrogens with one attached hydrogen (secondary N) is 1. The molecule has 0 aromatic rings. The maximum atomic E-state index is 11.5. The fourth-order valence-electron chi connectivity index (χ4n) is 3.07. The Bertz CT molecular complexity index is 887. The molecule has 0 fully saturated rings. The number of carbonyl (C=O) groups excluding carboxylic acids is 4. The lowest BCUT2D eigenvalue weighted by molar-refractivity contribution is -0.858. The summed E-state index contributed by atoms with van der Waals surface area (Å²) in [4.78, 5) is 46.1. The van der Waals surface area contributed by atoms with E-state index in [1.165, 1.54) is 4.90 Å². The van der Waals surface area contributed by atoms with Crippen LogP contribution in [0.25, 0.3) is 0 Å². The third kappa shape index (κ3) is 35.2. The number of aliphatic carboxylic acids is 1. The number of rotatable bonds is 22. The standard InChI is InChI=1S/C11H22O4.C10H21NO2.C10H20O2.C8H16O2.C2H6.CH4/c1-5-11(3,4)10(12)15-9-14-8-7-13-6-2;1-6-10(2,3)9(12)13-8-7-11(4)5;1-5-7-8-12-9(11)10(3,4)6-2;1-4-6-8(3,5-2)7(9)10;1-2;/h5-9H2,1-4H3;6-8H2,1-5H3;5-8H2,1-4H3;4-6H2,1-3H3,(H,9,10);1-2H3;1H4. The molecule has 0 aliphatic carbocycles. The van der Waals surface area contributed by atoms with Gasteiger partial charge < -0.3 is 38.5 Å². The molecule has 1 N–H and O–H groups in total. The summed E-state index contributed by atoms with van der Waals surface area (Å²) in [6.45, 7) is 34.6. The number of esters is 3. The Balaban J connectivity index is -0.000000137. The fraction of sp³-hybridized carbons (Fsp3) is 0.905. The van der Waals surface area contributed by atoms with Crippen LogP contribution in [0.3, 0.4) is 0 Å². The predicted molar refractivity (Wildman–Crippen MR) is 217 cm³/mol. The Morgan fingerprint density at radius 2 is 0.962 bits per heavy atom.